The summed E-state index contributed by atoms with van der Waals surface area (Å²) in [6, 6.07) is 1.90. The summed E-state index contributed by atoms with van der Waals surface area (Å²) < 4.78 is 0. The Balaban J connectivity index is 3.20. The Morgan fingerprint density at radius 2 is 1.69 bits per heavy atom. The minimum Gasteiger partial charge on any atom is -0.508 e. The van der Waals surface area contributed by atoms with Crippen LogP contribution in [0.5, 0.6) is 17.2 Å². The molecular weight excluding hydrogens is 170 g/mol. The third-order valence-electron chi connectivity index (χ3n) is 1.93. The topological polar surface area (TPSA) is 86.7 Å². The number of phenols is 3. The molecule has 0 radical (unpaired) electrons. The van der Waals surface area contributed by atoms with Crippen LogP contribution in [0.3, 0.4) is 0 Å². The molecule has 13 heavy (non-hydrogen) atoms. The summed E-state index contributed by atoms with van der Waals surface area (Å²) in [5.41, 5.74) is 5.92. The number of phenolic OH excluding ortho intramolecular Hbond substituents is 3. The second kappa shape index (κ2) is 3.53. The fourth-order valence-electron chi connectivity index (χ4n) is 1.19. The molecule has 0 saturated heterocycles. The lowest BCUT2D eigenvalue weighted by Gasteiger charge is -2.13. The lowest BCUT2D eigenvalue weighted by atomic mass is 10.0. The van der Waals surface area contributed by atoms with Crippen molar-refractivity contribution in [1.82, 2.24) is 0 Å². The van der Waals surface area contributed by atoms with Crippen molar-refractivity contribution in [3.05, 3.63) is 17.7 Å². The van der Waals surface area contributed by atoms with E-state index < -0.39 is 6.04 Å². The van der Waals surface area contributed by atoms with Crippen LogP contribution in [-0.4, -0.2) is 15.3 Å². The van der Waals surface area contributed by atoms with E-state index in [0.29, 0.717) is 6.42 Å². The first-order chi connectivity index (χ1) is 6.06. The van der Waals surface area contributed by atoms with Crippen LogP contribution >= 0.6 is 0 Å². The molecule has 1 aromatic rings. The summed E-state index contributed by atoms with van der Waals surface area (Å²) in [6.07, 6.45) is 0.603. The minimum absolute atomic E-state index is 0.174. The highest BCUT2D eigenvalue weighted by molar-refractivity contribution is 5.50. The maximum absolute atomic E-state index is 9.37. The lowest BCUT2D eigenvalue weighted by molar-refractivity contribution is 0.411. The number of nitrogens with two attached hydrogens (primary N) is 1. The zero-order chi connectivity index (χ0) is 10.0. The van der Waals surface area contributed by atoms with E-state index in [1.807, 2.05) is 6.92 Å². The van der Waals surface area contributed by atoms with Gasteiger partial charge in [-0.25, -0.2) is 0 Å². The van der Waals surface area contributed by atoms with Gasteiger partial charge in [0.25, 0.3) is 0 Å². The molecule has 0 saturated carbocycles. The minimum atomic E-state index is -0.416. The Morgan fingerprint density at radius 3 is 2.08 bits per heavy atom. The molecule has 0 heterocycles. The highest BCUT2D eigenvalue weighted by Crippen LogP contribution is 2.36. The van der Waals surface area contributed by atoms with Gasteiger partial charge in [0.1, 0.15) is 17.2 Å². The van der Waals surface area contributed by atoms with Crippen molar-refractivity contribution in [3.8, 4) is 17.2 Å². The number of hydrogen-bond acceptors (Lipinski definition) is 4. The molecule has 0 unspecified atom stereocenters. The zero-order valence-corrected chi connectivity index (χ0v) is 7.36. The highest BCUT2D eigenvalue weighted by atomic mass is 16.3. The fourth-order valence-corrected chi connectivity index (χ4v) is 1.19. The van der Waals surface area contributed by atoms with Gasteiger partial charge < -0.3 is 21.1 Å². The number of rotatable bonds is 2. The maximum atomic E-state index is 9.37. The van der Waals surface area contributed by atoms with Crippen LogP contribution < -0.4 is 5.73 Å². The van der Waals surface area contributed by atoms with Gasteiger partial charge in [0.2, 0.25) is 0 Å². The van der Waals surface area contributed by atoms with E-state index in [1.165, 1.54) is 0 Å². The Morgan fingerprint density at radius 1 is 1.23 bits per heavy atom. The average molecular weight is 183 g/mol. The van der Waals surface area contributed by atoms with E-state index in [-0.39, 0.29) is 22.8 Å². The molecule has 5 N–H and O–H groups in total. The van der Waals surface area contributed by atoms with Gasteiger partial charge in [0, 0.05) is 18.2 Å². The quantitative estimate of drug-likeness (QED) is 0.555. The molecular formula is C9H13NO3. The van der Waals surface area contributed by atoms with Crippen molar-refractivity contribution in [2.75, 3.05) is 0 Å². The van der Waals surface area contributed by atoms with Gasteiger partial charge in [0.15, 0.2) is 0 Å². The van der Waals surface area contributed by atoms with Gasteiger partial charge in [-0.2, -0.15) is 0 Å². The molecule has 0 aliphatic carbocycles. The molecule has 0 aliphatic heterocycles. The normalized spacial score (nSPS) is 12.8. The molecule has 0 amide bonds. The SMILES string of the molecule is CC[C@@H](N)c1c(O)cc(O)cc1O. The Bertz CT molecular complexity index is 289. The summed E-state index contributed by atoms with van der Waals surface area (Å²) in [7, 11) is 0. The van der Waals surface area contributed by atoms with E-state index >= 15 is 0 Å². The molecule has 0 fully saturated rings. The van der Waals surface area contributed by atoms with Crippen LogP contribution in [-0.2, 0) is 0 Å². The predicted octanol–water partition coefficient (Wildman–Crippen LogP) is 1.21. The first-order valence-electron chi connectivity index (χ1n) is 4.06. The summed E-state index contributed by atoms with van der Waals surface area (Å²) in [5, 5.41) is 27.8. The van der Waals surface area contributed by atoms with Crippen LogP contribution in [0.1, 0.15) is 24.9 Å². The van der Waals surface area contributed by atoms with Crippen molar-refractivity contribution in [1.29, 1.82) is 0 Å². The summed E-state index contributed by atoms with van der Waals surface area (Å²) >= 11 is 0. The smallest absolute Gasteiger partial charge is 0.127 e. The standard InChI is InChI=1S/C9H13NO3/c1-2-6(10)9-7(12)3-5(11)4-8(9)13/h3-4,6,11-13H,2,10H2,1H3/t6-/m1/s1. The average Bonchev–Trinajstić information content (AvgIpc) is 2.02. The summed E-state index contributed by atoms with van der Waals surface area (Å²) in [6.45, 7) is 1.84. The fraction of sp³-hybridized carbons (Fsp3) is 0.333. The van der Waals surface area contributed by atoms with Crippen molar-refractivity contribution in [2.45, 2.75) is 19.4 Å². The predicted molar refractivity (Wildman–Crippen MR) is 48.7 cm³/mol. The third-order valence-corrected chi connectivity index (χ3v) is 1.93. The lowest BCUT2D eigenvalue weighted by Crippen LogP contribution is -2.08. The van der Waals surface area contributed by atoms with E-state index in [4.69, 9.17) is 10.8 Å². The monoisotopic (exact) mass is 183 g/mol. The van der Waals surface area contributed by atoms with Crippen molar-refractivity contribution in [2.24, 2.45) is 5.73 Å². The van der Waals surface area contributed by atoms with E-state index in [9.17, 15) is 10.2 Å². The molecule has 4 nitrogen and oxygen atoms in total. The number of aromatic hydroxyl groups is 3. The number of hydrogen-bond donors (Lipinski definition) is 4. The van der Waals surface area contributed by atoms with E-state index in [2.05, 4.69) is 0 Å². The highest BCUT2D eigenvalue weighted by Gasteiger charge is 2.15. The Hall–Kier alpha value is -1.42. The summed E-state index contributed by atoms with van der Waals surface area (Å²) in [4.78, 5) is 0. The van der Waals surface area contributed by atoms with Crippen molar-refractivity contribution >= 4 is 0 Å². The van der Waals surface area contributed by atoms with Crippen molar-refractivity contribution in [3.63, 3.8) is 0 Å². The molecule has 1 aromatic carbocycles. The largest absolute Gasteiger partial charge is 0.508 e. The van der Waals surface area contributed by atoms with Crippen LogP contribution in [0.25, 0.3) is 0 Å². The Kier molecular flexibility index (Phi) is 2.63. The molecule has 1 atom stereocenters. The molecule has 0 aliphatic rings. The van der Waals surface area contributed by atoms with E-state index in [0.717, 1.165) is 12.1 Å². The molecule has 72 valence electrons. The molecule has 1 rings (SSSR count). The van der Waals surface area contributed by atoms with Gasteiger partial charge in [-0.1, -0.05) is 6.92 Å². The summed E-state index contributed by atoms with van der Waals surface area (Å²) in [5.74, 6) is -0.527. The first kappa shape index (κ1) is 9.67. The molecule has 0 bridgehead atoms. The maximum Gasteiger partial charge on any atom is 0.127 e. The second-order valence-corrected chi connectivity index (χ2v) is 2.91. The van der Waals surface area contributed by atoms with Gasteiger partial charge in [-0.15, -0.1) is 0 Å². The first-order valence-corrected chi connectivity index (χ1v) is 4.06. The molecule has 4 heteroatoms. The van der Waals surface area contributed by atoms with Gasteiger partial charge in [-0.05, 0) is 6.42 Å². The van der Waals surface area contributed by atoms with Gasteiger partial charge in [-0.3, -0.25) is 0 Å². The third kappa shape index (κ3) is 1.84. The molecule has 0 spiro atoms. The Labute approximate surface area is 76.2 Å². The van der Waals surface area contributed by atoms with Crippen LogP contribution in [0.2, 0.25) is 0 Å². The van der Waals surface area contributed by atoms with E-state index in [1.54, 1.807) is 0 Å². The van der Waals surface area contributed by atoms with Crippen LogP contribution in [0.4, 0.5) is 0 Å². The number of benzene rings is 1. The van der Waals surface area contributed by atoms with Crippen molar-refractivity contribution < 1.29 is 15.3 Å². The van der Waals surface area contributed by atoms with Crippen LogP contribution in [0.15, 0.2) is 12.1 Å². The second-order valence-electron chi connectivity index (χ2n) is 2.91. The van der Waals surface area contributed by atoms with Gasteiger partial charge in [0.05, 0.1) is 5.56 Å². The van der Waals surface area contributed by atoms with Gasteiger partial charge >= 0.3 is 0 Å². The molecule has 0 aromatic heterocycles. The van der Waals surface area contributed by atoms with Crippen LogP contribution in [0, 0.1) is 0 Å². The zero-order valence-electron chi connectivity index (χ0n) is 7.36.